The molecule has 2 nitrogen and oxygen atoms in total. The van der Waals surface area contributed by atoms with E-state index in [0.29, 0.717) is 0 Å². The Morgan fingerprint density at radius 3 is 0.882 bits per heavy atom. The zero-order chi connectivity index (χ0) is 67.4. The second-order valence-corrected chi connectivity index (χ2v) is 29.8. The van der Waals surface area contributed by atoms with Gasteiger partial charge in [-0.25, -0.2) is 0 Å². The van der Waals surface area contributed by atoms with Crippen molar-refractivity contribution in [2.24, 2.45) is 0 Å². The second kappa shape index (κ2) is 21.0. The molecule has 474 valence electrons. The van der Waals surface area contributed by atoms with Crippen LogP contribution in [0.15, 0.2) is 316 Å². The number of rotatable bonds is 7. The van der Waals surface area contributed by atoms with Gasteiger partial charge in [-0.2, -0.15) is 0 Å². The highest BCUT2D eigenvalue weighted by Gasteiger charge is 2.39. The van der Waals surface area contributed by atoms with Gasteiger partial charge >= 0.3 is 0 Å². The highest BCUT2D eigenvalue weighted by Crippen LogP contribution is 2.59. The Kier molecular flexibility index (Phi) is 11.8. The topological polar surface area (TPSA) is 25.8 Å². The normalized spacial score (nSPS) is 13.6. The third kappa shape index (κ3) is 8.01. The van der Waals surface area contributed by atoms with Crippen molar-refractivity contribution in [2.75, 3.05) is 0 Å². The van der Waals surface area contributed by atoms with Crippen LogP contribution >= 0.6 is 0 Å². The zero-order valence-corrected chi connectivity index (χ0v) is 56.9. The predicted octanol–water partition coefficient (Wildman–Crippen LogP) is 27.0. The number of aromatic nitrogens is 2. The van der Waals surface area contributed by atoms with Gasteiger partial charge in [0.1, 0.15) is 0 Å². The quantitative estimate of drug-likeness (QED) is 0.149. The molecule has 16 aromatic carbocycles. The average Bonchev–Trinajstić information content (AvgIpc) is 1.47. The van der Waals surface area contributed by atoms with Gasteiger partial charge < -0.3 is 0 Å². The molecule has 22 rings (SSSR count). The van der Waals surface area contributed by atoms with Crippen molar-refractivity contribution in [3.8, 4) is 145 Å². The fourth-order valence-corrected chi connectivity index (χ4v) is 18.9. The van der Waals surface area contributed by atoms with E-state index in [-0.39, 0.29) is 10.8 Å². The Morgan fingerprint density at radius 2 is 0.490 bits per heavy atom. The first-order valence-electron chi connectivity index (χ1n) is 35.8. The van der Waals surface area contributed by atoms with E-state index >= 15 is 0 Å². The maximum atomic E-state index is 5.11. The first-order chi connectivity index (χ1) is 50.1. The number of benzene rings is 16. The van der Waals surface area contributed by atoms with Crippen molar-refractivity contribution in [1.82, 2.24) is 9.97 Å². The third-order valence-electron chi connectivity index (χ3n) is 23.8. The van der Waals surface area contributed by atoms with Crippen molar-refractivity contribution in [3.63, 3.8) is 0 Å². The SMILES string of the molecule is CC1(C)c2cc(-c3ccc4c(c3)C(C)(C)c3cc(-c5cc6c7ccc(-c8ccccc8)c8c7c(cc6c6ccc(-c7ccccc7)cc56)-c5ncccc5-8)ccc3-4)ccc2-c2ccc(-c3cc4c5ccc(-c6ccccc6)c6c5c(cc4c4ccc(-c5ccccc5)cc34)-c3ncccc3-6)cc21. The summed E-state index contributed by atoms with van der Waals surface area (Å²) in [6.07, 6.45) is 3.90. The van der Waals surface area contributed by atoms with Crippen molar-refractivity contribution in [2.45, 2.75) is 38.5 Å². The molecule has 102 heavy (non-hydrogen) atoms. The molecule has 0 saturated heterocycles. The lowest BCUT2D eigenvalue weighted by Gasteiger charge is -2.24. The number of hydrogen-bond donors (Lipinski definition) is 0. The molecule has 4 aliphatic carbocycles. The van der Waals surface area contributed by atoms with Crippen molar-refractivity contribution in [3.05, 3.63) is 338 Å². The molecule has 0 aliphatic heterocycles. The molecule has 4 aliphatic rings. The molecule has 18 aromatic rings. The van der Waals surface area contributed by atoms with E-state index in [0.717, 1.165) is 11.4 Å². The highest BCUT2D eigenvalue weighted by atomic mass is 14.7. The maximum absolute atomic E-state index is 5.11. The number of fused-ring (bicyclic) bond motifs is 20. The van der Waals surface area contributed by atoms with Crippen LogP contribution in [0.1, 0.15) is 49.9 Å². The summed E-state index contributed by atoms with van der Waals surface area (Å²) in [5, 5.41) is 15.1. The minimum atomic E-state index is -0.280. The van der Waals surface area contributed by atoms with E-state index in [2.05, 4.69) is 331 Å². The summed E-state index contributed by atoms with van der Waals surface area (Å²) in [5.41, 5.74) is 36.7. The maximum Gasteiger partial charge on any atom is 0.0787 e. The molecule has 2 heteroatoms. The van der Waals surface area contributed by atoms with Gasteiger partial charge in [-0.05, 0) is 249 Å². The summed E-state index contributed by atoms with van der Waals surface area (Å²) in [6, 6.07) is 115. The van der Waals surface area contributed by atoms with Crippen LogP contribution in [0.3, 0.4) is 0 Å². The number of hydrogen-bond acceptors (Lipinski definition) is 2. The van der Waals surface area contributed by atoms with E-state index < -0.39 is 0 Å². The van der Waals surface area contributed by atoms with Crippen LogP contribution in [0.4, 0.5) is 0 Å². The van der Waals surface area contributed by atoms with Gasteiger partial charge in [-0.1, -0.05) is 258 Å². The minimum absolute atomic E-state index is 0.280. The Bertz CT molecular complexity index is 6350. The van der Waals surface area contributed by atoms with Crippen LogP contribution in [0.2, 0.25) is 0 Å². The Hall–Kier alpha value is -12.6. The fourth-order valence-electron chi connectivity index (χ4n) is 18.9. The van der Waals surface area contributed by atoms with Gasteiger partial charge in [0.05, 0.1) is 11.4 Å². The van der Waals surface area contributed by atoms with Crippen LogP contribution in [0, 0.1) is 0 Å². The van der Waals surface area contributed by atoms with Crippen molar-refractivity contribution in [1.29, 1.82) is 0 Å². The van der Waals surface area contributed by atoms with Crippen LogP contribution in [-0.4, -0.2) is 9.97 Å². The highest BCUT2D eigenvalue weighted by molar-refractivity contribution is 6.32. The van der Waals surface area contributed by atoms with E-state index in [1.807, 2.05) is 12.4 Å². The standard InChI is InChI=1S/C100H64N2/c1-99(2)89-49-63(31-37-71(89)73-39-33-65(51-91(73)99)79-53-85-75-43-41-67(59-23-13-7-14-24-59)93-77-27-17-45-101-97(77)87(95(75)93)55-83(85)69-35-29-61(47-81(69)79)57-19-9-5-10-20-57)64-32-38-72-74-40-34-66(52-92(74)100(3,4)90(72)50-64)80-54-86-76-44-42-68(60-25-15-8-16-26-60)94-78-28-18-46-102-98(78)88(96(76)94)56-84(86)70-36-30-62(48-82(70)80)58-21-11-6-12-22-58/h5-56H,1-4H3. The molecule has 0 amide bonds. The zero-order valence-electron chi connectivity index (χ0n) is 56.9. The van der Waals surface area contributed by atoms with Gasteiger partial charge in [-0.15, -0.1) is 0 Å². The average molecular weight is 1290 g/mol. The lowest BCUT2D eigenvalue weighted by atomic mass is 9.79. The second-order valence-electron chi connectivity index (χ2n) is 29.8. The van der Waals surface area contributed by atoms with E-state index in [1.165, 1.54) is 220 Å². The summed E-state index contributed by atoms with van der Waals surface area (Å²) < 4.78 is 0. The molecule has 2 heterocycles. The number of pyridine rings is 2. The summed E-state index contributed by atoms with van der Waals surface area (Å²) >= 11 is 0. The first-order valence-corrected chi connectivity index (χ1v) is 35.8. The van der Waals surface area contributed by atoms with Crippen LogP contribution in [0.5, 0.6) is 0 Å². The van der Waals surface area contributed by atoms with Crippen LogP contribution in [-0.2, 0) is 10.8 Å². The van der Waals surface area contributed by atoms with Crippen LogP contribution in [0.25, 0.3) is 210 Å². The molecule has 0 radical (unpaired) electrons. The summed E-state index contributed by atoms with van der Waals surface area (Å²) in [6.45, 7) is 9.75. The minimum Gasteiger partial charge on any atom is -0.256 e. The molecule has 0 saturated carbocycles. The molecule has 0 fully saturated rings. The Labute approximate surface area is 592 Å². The molecular weight excluding hydrogens is 1230 g/mol. The molecule has 0 spiro atoms. The molecule has 0 bridgehead atoms. The summed E-state index contributed by atoms with van der Waals surface area (Å²) in [5.74, 6) is 0. The van der Waals surface area contributed by atoms with Gasteiger partial charge in [0.25, 0.3) is 0 Å². The Morgan fingerprint density at radius 1 is 0.186 bits per heavy atom. The fraction of sp³-hybridized carbons (Fsp3) is 0.0600. The van der Waals surface area contributed by atoms with Crippen molar-refractivity contribution >= 4 is 64.6 Å². The number of nitrogens with zero attached hydrogens (tertiary/aromatic N) is 2. The summed E-state index contributed by atoms with van der Waals surface area (Å²) in [4.78, 5) is 10.2. The van der Waals surface area contributed by atoms with E-state index in [4.69, 9.17) is 9.97 Å². The molecule has 0 unspecified atom stereocenters. The third-order valence-corrected chi connectivity index (χ3v) is 23.8. The molecule has 2 aromatic heterocycles. The first kappa shape index (κ1) is 57.3. The molecule has 0 atom stereocenters. The van der Waals surface area contributed by atoms with Gasteiger partial charge in [0.2, 0.25) is 0 Å². The van der Waals surface area contributed by atoms with E-state index in [1.54, 1.807) is 0 Å². The van der Waals surface area contributed by atoms with Crippen molar-refractivity contribution < 1.29 is 0 Å². The van der Waals surface area contributed by atoms with Gasteiger partial charge in [0.15, 0.2) is 0 Å². The monoisotopic (exact) mass is 1290 g/mol. The smallest absolute Gasteiger partial charge is 0.0787 e. The predicted molar refractivity (Wildman–Crippen MR) is 429 cm³/mol. The lowest BCUT2D eigenvalue weighted by Crippen LogP contribution is -2.15. The lowest BCUT2D eigenvalue weighted by molar-refractivity contribution is 0.660. The van der Waals surface area contributed by atoms with Gasteiger partial charge in [-0.3, -0.25) is 9.97 Å². The Balaban J connectivity index is 0.649. The summed E-state index contributed by atoms with van der Waals surface area (Å²) in [7, 11) is 0. The largest absolute Gasteiger partial charge is 0.256 e. The molecule has 0 N–H and O–H groups in total. The van der Waals surface area contributed by atoms with Gasteiger partial charge in [0, 0.05) is 67.4 Å². The van der Waals surface area contributed by atoms with Crippen LogP contribution < -0.4 is 0 Å². The molecular formula is C100H64N2. The van der Waals surface area contributed by atoms with E-state index in [9.17, 15) is 0 Å².